The van der Waals surface area contributed by atoms with E-state index in [1.54, 1.807) is 74.6 Å². The fourth-order valence-corrected chi connectivity index (χ4v) is 3.80. The summed E-state index contributed by atoms with van der Waals surface area (Å²) in [5.74, 6) is 0.201. The van der Waals surface area contributed by atoms with E-state index in [4.69, 9.17) is 9.47 Å². The van der Waals surface area contributed by atoms with Crippen molar-refractivity contribution >= 4 is 22.5 Å². The number of hydrogen-bond donors (Lipinski definition) is 0. The molecule has 0 fully saturated rings. The molecule has 2 aromatic rings. The van der Waals surface area contributed by atoms with Crippen molar-refractivity contribution in [1.82, 2.24) is 5.01 Å². The normalized spacial score (nSPS) is 13.0. The van der Waals surface area contributed by atoms with Crippen LogP contribution in [0.15, 0.2) is 68.7 Å². The van der Waals surface area contributed by atoms with Crippen LogP contribution in [0.3, 0.4) is 0 Å². The van der Waals surface area contributed by atoms with Crippen LogP contribution < -0.4 is 4.74 Å². The summed E-state index contributed by atoms with van der Waals surface area (Å²) in [5, 5.41) is 9.62. The van der Waals surface area contributed by atoms with Crippen LogP contribution in [0.1, 0.15) is 39.5 Å². The second-order valence-electron chi connectivity index (χ2n) is 7.13. The van der Waals surface area contributed by atoms with Crippen LogP contribution in [0.5, 0.6) is 5.75 Å². The Balaban J connectivity index is 2.05. The molecule has 0 saturated carbocycles. The molecule has 0 aromatic heterocycles. The van der Waals surface area contributed by atoms with Crippen molar-refractivity contribution in [3.63, 3.8) is 0 Å². The first-order valence-corrected chi connectivity index (χ1v) is 11.6. The summed E-state index contributed by atoms with van der Waals surface area (Å²) < 4.78 is 23.9. The van der Waals surface area contributed by atoms with Gasteiger partial charge in [-0.1, -0.05) is 25.0 Å². The molecule has 0 bridgehead atoms. The summed E-state index contributed by atoms with van der Waals surface area (Å²) in [7, 11) is 2.25. The number of ether oxygens (including phenoxy) is 2. The lowest BCUT2D eigenvalue weighted by molar-refractivity contribution is -0.151. The van der Waals surface area contributed by atoms with E-state index in [9.17, 15) is 9.00 Å². The Morgan fingerprint density at radius 3 is 2.16 bits per heavy atom. The molecule has 2 unspecified atom stereocenters. The average Bonchev–Trinajstić information content (AvgIpc) is 2.77. The minimum absolute atomic E-state index is 0.319. The lowest BCUT2D eigenvalue weighted by atomic mass is 10.1. The average molecular weight is 446 g/mol. The maximum Gasteiger partial charge on any atom is 0.347 e. The van der Waals surface area contributed by atoms with Crippen molar-refractivity contribution in [2.45, 2.75) is 55.4 Å². The van der Waals surface area contributed by atoms with Gasteiger partial charge in [0.25, 0.3) is 0 Å². The Bertz CT molecular complexity index is 867. The van der Waals surface area contributed by atoms with Gasteiger partial charge in [-0.2, -0.15) is 0 Å². The van der Waals surface area contributed by atoms with E-state index < -0.39 is 16.9 Å². The molecule has 168 valence electrons. The molecule has 31 heavy (non-hydrogen) atoms. The zero-order valence-electron chi connectivity index (χ0n) is 18.6. The Kier molecular flexibility index (Phi) is 10.2. The van der Waals surface area contributed by atoms with Gasteiger partial charge in [-0.05, 0) is 68.3 Å². The molecule has 8 heteroatoms. The number of hydrogen-bond acceptors (Lipinski definition) is 6. The van der Waals surface area contributed by atoms with Gasteiger partial charge < -0.3 is 9.47 Å². The zero-order valence-corrected chi connectivity index (χ0v) is 19.4. The maximum atomic E-state index is 12.9. The molecule has 2 aromatic carbocycles. The van der Waals surface area contributed by atoms with Crippen LogP contribution in [0.2, 0.25) is 0 Å². The fraction of sp³-hybridized carbons (Fsp3) is 0.435. The van der Waals surface area contributed by atoms with Crippen LogP contribution in [-0.2, 0) is 20.3 Å². The highest BCUT2D eigenvalue weighted by Gasteiger charge is 2.21. The number of carbonyl (C=O) groups is 1. The highest BCUT2D eigenvalue weighted by molar-refractivity contribution is 7.85. The van der Waals surface area contributed by atoms with E-state index >= 15 is 0 Å². The largest absolute Gasteiger partial charge is 0.479 e. The summed E-state index contributed by atoms with van der Waals surface area (Å²) >= 11 is 0. The Labute approximate surface area is 186 Å². The summed E-state index contributed by atoms with van der Waals surface area (Å²) in [6.07, 6.45) is 2.97. The quantitative estimate of drug-likeness (QED) is 0.192. The van der Waals surface area contributed by atoms with Crippen molar-refractivity contribution in [1.29, 1.82) is 0 Å². The Morgan fingerprint density at radius 1 is 1.00 bits per heavy atom. The second-order valence-corrected chi connectivity index (χ2v) is 8.61. The first-order chi connectivity index (χ1) is 14.9. The van der Waals surface area contributed by atoms with Crippen LogP contribution in [-0.4, -0.2) is 42.0 Å². The molecule has 2 rings (SSSR count). The molecular formula is C23H31N3O4S. The topological polar surface area (TPSA) is 80.6 Å². The molecular weight excluding hydrogens is 414 g/mol. The number of rotatable bonds is 12. The molecule has 2 atom stereocenters. The Morgan fingerprint density at radius 2 is 1.61 bits per heavy atom. The molecule has 0 aliphatic rings. The van der Waals surface area contributed by atoms with Crippen LogP contribution in [0.4, 0.5) is 5.69 Å². The van der Waals surface area contributed by atoms with Crippen molar-refractivity contribution in [2.24, 2.45) is 10.3 Å². The number of nitrogens with zero attached hydrogens (tertiary/aromatic N) is 3. The molecule has 0 saturated heterocycles. The van der Waals surface area contributed by atoms with E-state index in [0.717, 1.165) is 19.3 Å². The second kappa shape index (κ2) is 12.8. The molecule has 0 N–H and O–H groups in total. The van der Waals surface area contributed by atoms with E-state index in [-0.39, 0.29) is 5.97 Å². The van der Waals surface area contributed by atoms with Gasteiger partial charge in [0.05, 0.1) is 23.1 Å². The molecule has 0 spiro atoms. The third-order valence-electron chi connectivity index (χ3n) is 4.33. The van der Waals surface area contributed by atoms with Crippen molar-refractivity contribution < 1.29 is 18.5 Å². The first kappa shape index (κ1) is 24.5. The standard InChI is InChI=1S/C23H31N3O4S/c1-5-7-8-9-22(23(27)29-6-2)30-19-12-16-21(17-13-19)31(28)20-14-10-18(11-15-20)24-25-26(3)4/h10-17,22H,5-9H2,1-4H3. The molecule has 0 radical (unpaired) electrons. The number of unbranched alkanes of at least 4 members (excludes halogenated alkanes) is 2. The lowest BCUT2D eigenvalue weighted by Gasteiger charge is -2.17. The van der Waals surface area contributed by atoms with E-state index in [2.05, 4.69) is 17.3 Å². The summed E-state index contributed by atoms with van der Waals surface area (Å²) in [6.45, 7) is 4.21. The highest BCUT2D eigenvalue weighted by atomic mass is 32.2. The van der Waals surface area contributed by atoms with Gasteiger partial charge in [-0.25, -0.2) is 9.00 Å². The van der Waals surface area contributed by atoms with Crippen molar-refractivity contribution in [3.05, 3.63) is 48.5 Å². The third kappa shape index (κ3) is 8.13. The van der Waals surface area contributed by atoms with Gasteiger partial charge >= 0.3 is 5.97 Å². The molecule has 0 aliphatic heterocycles. The van der Waals surface area contributed by atoms with Gasteiger partial charge in [0, 0.05) is 23.9 Å². The SMILES string of the molecule is CCCCCC(Oc1ccc(S(=O)c2ccc(N=NN(C)C)cc2)cc1)C(=O)OCC. The number of benzene rings is 2. The summed E-state index contributed by atoms with van der Waals surface area (Å²) in [6, 6.07) is 14.1. The minimum Gasteiger partial charge on any atom is -0.479 e. The predicted molar refractivity (Wildman–Crippen MR) is 121 cm³/mol. The van der Waals surface area contributed by atoms with Gasteiger partial charge in [0.1, 0.15) is 5.75 Å². The fourth-order valence-electron chi connectivity index (χ4n) is 2.76. The van der Waals surface area contributed by atoms with Crippen LogP contribution >= 0.6 is 0 Å². The molecule has 7 nitrogen and oxygen atoms in total. The van der Waals surface area contributed by atoms with Gasteiger partial charge in [-0.3, -0.25) is 5.01 Å². The number of carbonyl (C=O) groups excluding carboxylic acids is 1. The minimum atomic E-state index is -1.34. The maximum absolute atomic E-state index is 12.9. The first-order valence-electron chi connectivity index (χ1n) is 10.5. The molecule has 0 amide bonds. The van der Waals surface area contributed by atoms with E-state index in [1.807, 2.05) is 0 Å². The smallest absolute Gasteiger partial charge is 0.347 e. The van der Waals surface area contributed by atoms with E-state index in [1.165, 1.54) is 0 Å². The van der Waals surface area contributed by atoms with Crippen molar-refractivity contribution in [2.75, 3.05) is 20.7 Å². The highest BCUT2D eigenvalue weighted by Crippen LogP contribution is 2.23. The van der Waals surface area contributed by atoms with Gasteiger partial charge in [-0.15, -0.1) is 5.11 Å². The summed E-state index contributed by atoms with van der Waals surface area (Å²) in [5.41, 5.74) is 0.686. The van der Waals surface area contributed by atoms with E-state index in [0.29, 0.717) is 34.3 Å². The van der Waals surface area contributed by atoms with Gasteiger partial charge in [0.2, 0.25) is 0 Å². The van der Waals surface area contributed by atoms with Crippen molar-refractivity contribution in [3.8, 4) is 5.75 Å². The monoisotopic (exact) mass is 445 g/mol. The van der Waals surface area contributed by atoms with Crippen LogP contribution in [0.25, 0.3) is 0 Å². The molecule has 0 heterocycles. The van der Waals surface area contributed by atoms with Crippen LogP contribution in [0, 0.1) is 0 Å². The number of esters is 1. The Hall–Kier alpha value is -2.74. The molecule has 0 aliphatic carbocycles. The third-order valence-corrected chi connectivity index (χ3v) is 5.73. The predicted octanol–water partition coefficient (Wildman–Crippen LogP) is 5.30. The summed E-state index contributed by atoms with van der Waals surface area (Å²) in [4.78, 5) is 13.5. The zero-order chi connectivity index (χ0) is 22.6. The van der Waals surface area contributed by atoms with Gasteiger partial charge in [0.15, 0.2) is 6.10 Å². The lowest BCUT2D eigenvalue weighted by Crippen LogP contribution is -2.29.